The van der Waals surface area contributed by atoms with Gasteiger partial charge in [0.1, 0.15) is 17.3 Å². The molecule has 1 unspecified atom stereocenters. The third kappa shape index (κ3) is 5.50. The van der Waals surface area contributed by atoms with Crippen LogP contribution in [0.3, 0.4) is 0 Å². The lowest BCUT2D eigenvalue weighted by molar-refractivity contribution is -0.132. The molecule has 1 atom stereocenters. The number of aliphatic hydroxyl groups excluding tert-OH is 1. The Morgan fingerprint density at radius 3 is 2.42 bits per heavy atom. The fraction of sp³-hybridized carbons (Fsp3) is 0.200. The van der Waals surface area contributed by atoms with E-state index in [0.717, 1.165) is 23.3 Å². The van der Waals surface area contributed by atoms with Crippen molar-refractivity contribution in [1.29, 1.82) is 0 Å². The highest BCUT2D eigenvalue weighted by atomic mass is 32.2. The Morgan fingerprint density at radius 1 is 1.02 bits per heavy atom. The van der Waals surface area contributed by atoms with Gasteiger partial charge in [-0.05, 0) is 60.4 Å². The number of anilines is 1. The Balaban J connectivity index is 1.53. The van der Waals surface area contributed by atoms with Crippen molar-refractivity contribution in [2.75, 3.05) is 11.5 Å². The summed E-state index contributed by atoms with van der Waals surface area (Å²) in [7, 11) is 0. The van der Waals surface area contributed by atoms with Gasteiger partial charge in [-0.3, -0.25) is 14.5 Å². The predicted octanol–water partition coefficient (Wildman–Crippen LogP) is 6.56. The maximum atomic E-state index is 14.1. The molecule has 204 valence electrons. The van der Waals surface area contributed by atoms with Gasteiger partial charge in [-0.25, -0.2) is 4.39 Å². The van der Waals surface area contributed by atoms with Crippen LogP contribution in [0.5, 0.6) is 5.75 Å². The minimum Gasteiger partial charge on any atom is -0.507 e. The van der Waals surface area contributed by atoms with Crippen LogP contribution in [0.2, 0.25) is 0 Å². The number of hydrogen-bond donors (Lipinski definition) is 1. The van der Waals surface area contributed by atoms with Gasteiger partial charge in [-0.2, -0.15) is 0 Å². The van der Waals surface area contributed by atoms with Crippen LogP contribution in [0.1, 0.15) is 42.1 Å². The Bertz CT molecular complexity index is 1570. The van der Waals surface area contributed by atoms with E-state index in [4.69, 9.17) is 4.74 Å². The number of halogens is 1. The highest BCUT2D eigenvalue weighted by molar-refractivity contribution is 8.00. The smallest absolute Gasteiger partial charge is 0.301 e. The second kappa shape index (κ2) is 12.0. The predicted molar refractivity (Wildman–Crippen MR) is 154 cm³/mol. The fourth-order valence-corrected chi connectivity index (χ4v) is 6.28. The van der Waals surface area contributed by atoms with E-state index in [1.807, 2.05) is 38.1 Å². The Kier molecular flexibility index (Phi) is 8.27. The van der Waals surface area contributed by atoms with Crippen LogP contribution >= 0.6 is 23.1 Å². The van der Waals surface area contributed by atoms with Crippen molar-refractivity contribution < 1.29 is 23.8 Å². The molecule has 1 N–H and O–H groups in total. The number of aryl methyl sites for hydroxylation is 1. The summed E-state index contributed by atoms with van der Waals surface area (Å²) in [6.45, 7) is 4.40. The summed E-state index contributed by atoms with van der Waals surface area (Å²) in [4.78, 5) is 28.1. The fourth-order valence-electron chi connectivity index (χ4n) is 4.43. The van der Waals surface area contributed by atoms with Crippen molar-refractivity contribution in [3.8, 4) is 5.75 Å². The average molecular weight is 576 g/mol. The molecule has 1 fully saturated rings. The monoisotopic (exact) mass is 575 g/mol. The maximum Gasteiger partial charge on any atom is 0.301 e. The second-order valence-electron chi connectivity index (χ2n) is 8.95. The van der Waals surface area contributed by atoms with Gasteiger partial charge >= 0.3 is 5.91 Å². The van der Waals surface area contributed by atoms with E-state index in [-0.39, 0.29) is 22.3 Å². The lowest BCUT2D eigenvalue weighted by Crippen LogP contribution is -2.29. The van der Waals surface area contributed by atoms with Crippen LogP contribution in [-0.4, -0.2) is 33.6 Å². The maximum absolute atomic E-state index is 14.1. The van der Waals surface area contributed by atoms with Crippen LogP contribution in [-0.2, 0) is 21.8 Å². The number of ketones is 1. The van der Waals surface area contributed by atoms with Gasteiger partial charge in [0.25, 0.3) is 5.78 Å². The number of rotatable bonds is 9. The highest BCUT2D eigenvalue weighted by Gasteiger charge is 2.48. The van der Waals surface area contributed by atoms with Crippen LogP contribution in [0.15, 0.2) is 82.7 Å². The number of hydrogen-bond acceptors (Lipinski definition) is 8. The Hall–Kier alpha value is -4.02. The summed E-state index contributed by atoms with van der Waals surface area (Å²) in [6.07, 6.45) is 0.825. The van der Waals surface area contributed by atoms with Gasteiger partial charge < -0.3 is 9.84 Å². The molecule has 0 spiro atoms. The SMILES string of the molecule is CCOc1ccc(/C(O)=C2/C(=O)C(=O)N(c3nnc(SCc4ccccc4F)s3)C2c2ccc(CC)cc2)cc1. The van der Waals surface area contributed by atoms with Crippen molar-refractivity contribution in [2.24, 2.45) is 0 Å². The lowest BCUT2D eigenvalue weighted by Gasteiger charge is -2.22. The number of nitrogens with zero attached hydrogens (tertiary/aromatic N) is 3. The molecule has 1 saturated heterocycles. The van der Waals surface area contributed by atoms with E-state index < -0.39 is 17.7 Å². The Labute approximate surface area is 239 Å². The van der Waals surface area contributed by atoms with E-state index in [9.17, 15) is 19.1 Å². The summed E-state index contributed by atoms with van der Waals surface area (Å²) in [6, 6.07) is 19.8. The second-order valence-corrected chi connectivity index (χ2v) is 11.1. The normalized spacial score (nSPS) is 16.5. The first-order valence-electron chi connectivity index (χ1n) is 12.7. The first kappa shape index (κ1) is 27.5. The van der Waals surface area contributed by atoms with Crippen LogP contribution < -0.4 is 9.64 Å². The Morgan fingerprint density at radius 2 is 1.75 bits per heavy atom. The largest absolute Gasteiger partial charge is 0.507 e. The third-order valence-corrected chi connectivity index (χ3v) is 8.60. The summed E-state index contributed by atoms with van der Waals surface area (Å²) >= 11 is 2.42. The molecule has 1 aromatic heterocycles. The number of aromatic nitrogens is 2. The minimum atomic E-state index is -0.908. The number of Topliss-reactive ketones (excluding diaryl/α,β-unsaturated/α-hetero) is 1. The standard InChI is InChI=1S/C30H26FN3O4S2/c1-3-18-9-11-19(12-10-18)25-24(26(35)20-13-15-22(16-14-20)38-4-2)27(36)28(37)34(25)29-32-33-30(40-29)39-17-21-7-5-6-8-23(21)31/h5-16,25,35H,3-4,17H2,1-2H3/b26-24-. The minimum absolute atomic E-state index is 0.0332. The van der Waals surface area contributed by atoms with Gasteiger partial charge in [0.05, 0.1) is 18.2 Å². The molecule has 7 nitrogen and oxygen atoms in total. The zero-order valence-electron chi connectivity index (χ0n) is 21.8. The number of aliphatic hydroxyl groups is 1. The van der Waals surface area contributed by atoms with E-state index in [1.54, 1.807) is 42.5 Å². The zero-order valence-corrected chi connectivity index (χ0v) is 23.5. The first-order valence-corrected chi connectivity index (χ1v) is 14.5. The molecule has 0 bridgehead atoms. The number of ether oxygens (including phenoxy) is 1. The van der Waals surface area contributed by atoms with Crippen LogP contribution in [0, 0.1) is 5.82 Å². The summed E-state index contributed by atoms with van der Waals surface area (Å²) in [5.74, 6) is -1.26. The molecule has 1 aliphatic rings. The van der Waals surface area contributed by atoms with E-state index in [0.29, 0.717) is 39.1 Å². The van der Waals surface area contributed by atoms with Gasteiger partial charge in [-0.1, -0.05) is 72.5 Å². The molecule has 10 heteroatoms. The molecule has 0 saturated carbocycles. The van der Waals surface area contributed by atoms with E-state index in [1.165, 1.54) is 22.7 Å². The van der Waals surface area contributed by atoms with E-state index in [2.05, 4.69) is 10.2 Å². The van der Waals surface area contributed by atoms with Crippen LogP contribution in [0.25, 0.3) is 5.76 Å². The van der Waals surface area contributed by atoms with Crippen molar-refractivity contribution in [3.05, 3.63) is 106 Å². The molecule has 3 aromatic carbocycles. The molecule has 2 heterocycles. The number of carbonyl (C=O) groups excluding carboxylic acids is 2. The van der Waals surface area contributed by atoms with Crippen molar-refractivity contribution in [2.45, 2.75) is 36.4 Å². The van der Waals surface area contributed by atoms with Gasteiger partial charge in [-0.15, -0.1) is 10.2 Å². The molecule has 4 aromatic rings. The number of carbonyl (C=O) groups is 2. The van der Waals surface area contributed by atoms with Gasteiger partial charge in [0, 0.05) is 11.3 Å². The average Bonchev–Trinajstić information content (AvgIpc) is 3.54. The first-order chi connectivity index (χ1) is 19.4. The molecular formula is C30H26FN3O4S2. The van der Waals surface area contributed by atoms with Crippen molar-refractivity contribution >= 4 is 45.7 Å². The number of thioether (sulfide) groups is 1. The summed E-state index contributed by atoms with van der Waals surface area (Å²) < 4.78 is 20.1. The molecule has 1 amide bonds. The molecular weight excluding hydrogens is 549 g/mol. The van der Waals surface area contributed by atoms with Gasteiger partial charge in [0.15, 0.2) is 4.34 Å². The summed E-state index contributed by atoms with van der Waals surface area (Å²) in [5.41, 5.74) is 2.62. The van der Waals surface area contributed by atoms with E-state index >= 15 is 0 Å². The molecule has 0 radical (unpaired) electrons. The third-order valence-electron chi connectivity index (χ3n) is 6.50. The molecule has 5 rings (SSSR count). The number of benzene rings is 3. The highest BCUT2D eigenvalue weighted by Crippen LogP contribution is 2.44. The van der Waals surface area contributed by atoms with Crippen molar-refractivity contribution in [3.63, 3.8) is 0 Å². The molecule has 1 aliphatic heterocycles. The lowest BCUT2D eigenvalue weighted by atomic mass is 9.94. The molecule has 0 aliphatic carbocycles. The van der Waals surface area contributed by atoms with Gasteiger partial charge in [0.2, 0.25) is 5.13 Å². The van der Waals surface area contributed by atoms with Crippen LogP contribution in [0.4, 0.5) is 9.52 Å². The topological polar surface area (TPSA) is 92.6 Å². The summed E-state index contributed by atoms with van der Waals surface area (Å²) in [5, 5.41) is 19.9. The quantitative estimate of drug-likeness (QED) is 0.0795. The van der Waals surface area contributed by atoms with Crippen molar-refractivity contribution in [1.82, 2.24) is 10.2 Å². The number of amides is 1. The molecule has 40 heavy (non-hydrogen) atoms. The zero-order chi connectivity index (χ0) is 28.2.